The van der Waals surface area contributed by atoms with E-state index in [2.05, 4.69) is 47.2 Å². The molecule has 16 heavy (non-hydrogen) atoms. The lowest BCUT2D eigenvalue weighted by molar-refractivity contribution is -0.128. The van der Waals surface area contributed by atoms with Crippen molar-refractivity contribution in [1.82, 2.24) is 4.90 Å². The van der Waals surface area contributed by atoms with Crippen LogP contribution in [0.3, 0.4) is 0 Å². The van der Waals surface area contributed by atoms with Gasteiger partial charge in [-0.3, -0.25) is 4.79 Å². The van der Waals surface area contributed by atoms with Crippen LogP contribution in [-0.2, 0) is 4.79 Å². The number of hydrogen-bond donors (Lipinski definition) is 1. The number of amides is 1. The van der Waals surface area contributed by atoms with Gasteiger partial charge in [0.25, 0.3) is 0 Å². The maximum absolute atomic E-state index is 11.9. The van der Waals surface area contributed by atoms with E-state index in [1.165, 1.54) is 0 Å². The van der Waals surface area contributed by atoms with E-state index in [9.17, 15) is 4.79 Å². The molecule has 3 heteroatoms. The lowest BCUT2D eigenvalue weighted by Crippen LogP contribution is -2.37. The maximum atomic E-state index is 11.9. The molecule has 0 saturated carbocycles. The normalized spacial score (nSPS) is 23.0. The molecule has 0 radical (unpaired) electrons. The Morgan fingerprint density at radius 2 is 1.88 bits per heavy atom. The van der Waals surface area contributed by atoms with E-state index in [1.807, 2.05) is 4.90 Å². The molecule has 1 heterocycles. The summed E-state index contributed by atoms with van der Waals surface area (Å²) in [5.41, 5.74) is 0.348. The fourth-order valence-corrected chi connectivity index (χ4v) is 2.17. The highest BCUT2D eigenvalue weighted by atomic mass is 32.1. The molecule has 0 aromatic carbocycles. The maximum Gasteiger partial charge on any atom is 0.222 e. The van der Waals surface area contributed by atoms with E-state index < -0.39 is 0 Å². The van der Waals surface area contributed by atoms with Crippen molar-refractivity contribution in [3.63, 3.8) is 0 Å². The summed E-state index contributed by atoms with van der Waals surface area (Å²) in [5.74, 6) is 1.63. The Morgan fingerprint density at radius 1 is 1.31 bits per heavy atom. The summed E-state index contributed by atoms with van der Waals surface area (Å²) >= 11 is 4.34. The van der Waals surface area contributed by atoms with Crippen LogP contribution in [0.4, 0.5) is 0 Å². The Morgan fingerprint density at radius 3 is 2.25 bits per heavy atom. The van der Waals surface area contributed by atoms with Gasteiger partial charge in [0.15, 0.2) is 0 Å². The number of nitrogens with zero attached hydrogens (tertiary/aromatic N) is 1. The van der Waals surface area contributed by atoms with Crippen molar-refractivity contribution in [2.45, 2.75) is 41.0 Å². The largest absolute Gasteiger partial charge is 0.342 e. The molecule has 1 atom stereocenters. The topological polar surface area (TPSA) is 20.3 Å². The van der Waals surface area contributed by atoms with Gasteiger partial charge in [-0.15, -0.1) is 0 Å². The molecule has 1 rings (SSSR count). The second kappa shape index (κ2) is 4.59. The van der Waals surface area contributed by atoms with E-state index in [1.54, 1.807) is 0 Å². The summed E-state index contributed by atoms with van der Waals surface area (Å²) < 4.78 is 0. The molecule has 0 spiro atoms. The van der Waals surface area contributed by atoms with Crippen molar-refractivity contribution in [3.8, 4) is 0 Å². The number of carbonyl (C=O) groups is 1. The molecule has 0 bridgehead atoms. The first kappa shape index (κ1) is 13.9. The first-order valence-corrected chi connectivity index (χ1v) is 6.67. The highest BCUT2D eigenvalue weighted by molar-refractivity contribution is 7.80. The SMILES string of the molecule is CC(C)(CS)CN1CC(C(C)(C)C)CC1=O. The number of carbonyl (C=O) groups excluding carboxylic acids is 1. The Balaban J connectivity index is 2.62. The van der Waals surface area contributed by atoms with Crippen LogP contribution in [0.25, 0.3) is 0 Å². The lowest BCUT2D eigenvalue weighted by Gasteiger charge is -2.30. The summed E-state index contributed by atoms with van der Waals surface area (Å²) in [5, 5.41) is 0. The van der Waals surface area contributed by atoms with E-state index in [4.69, 9.17) is 0 Å². The van der Waals surface area contributed by atoms with Gasteiger partial charge in [-0.25, -0.2) is 0 Å². The molecule has 1 saturated heterocycles. The van der Waals surface area contributed by atoms with Crippen LogP contribution >= 0.6 is 12.6 Å². The zero-order chi connectivity index (χ0) is 12.6. The minimum atomic E-state index is 0.117. The average molecular weight is 243 g/mol. The van der Waals surface area contributed by atoms with Crippen LogP contribution in [0.2, 0.25) is 0 Å². The molecular weight excluding hydrogens is 218 g/mol. The number of rotatable bonds is 3. The Hall–Kier alpha value is -0.180. The molecule has 1 fully saturated rings. The molecule has 1 unspecified atom stereocenters. The monoisotopic (exact) mass is 243 g/mol. The summed E-state index contributed by atoms with van der Waals surface area (Å²) in [6.07, 6.45) is 0.714. The summed E-state index contributed by atoms with van der Waals surface area (Å²) in [6.45, 7) is 12.7. The Bertz CT molecular complexity index is 268. The van der Waals surface area contributed by atoms with Gasteiger partial charge in [0.1, 0.15) is 0 Å². The van der Waals surface area contributed by atoms with Crippen LogP contribution < -0.4 is 0 Å². The molecule has 0 aromatic rings. The molecule has 1 aliphatic heterocycles. The van der Waals surface area contributed by atoms with Crippen LogP contribution in [0.1, 0.15) is 41.0 Å². The highest BCUT2D eigenvalue weighted by Gasteiger charge is 2.38. The second-order valence-electron chi connectivity index (χ2n) is 6.86. The fraction of sp³-hybridized carbons (Fsp3) is 0.923. The minimum absolute atomic E-state index is 0.117. The molecule has 2 nitrogen and oxygen atoms in total. The molecule has 94 valence electrons. The molecule has 0 aromatic heterocycles. The number of thiol groups is 1. The van der Waals surface area contributed by atoms with Gasteiger partial charge in [-0.05, 0) is 22.5 Å². The average Bonchev–Trinajstić information content (AvgIpc) is 2.47. The molecule has 0 N–H and O–H groups in total. The predicted octanol–water partition coefficient (Wildman–Crippen LogP) is 2.84. The standard InChI is InChI=1S/C13H25NOS/c1-12(2,3)10-6-11(15)14(7-10)8-13(4,5)9-16/h10,16H,6-9H2,1-5H3. The van der Waals surface area contributed by atoms with Crippen molar-refractivity contribution in [2.75, 3.05) is 18.8 Å². The summed E-state index contributed by atoms with van der Waals surface area (Å²) in [7, 11) is 0. The molecular formula is C13H25NOS. The van der Waals surface area contributed by atoms with Crippen molar-refractivity contribution < 1.29 is 4.79 Å². The van der Waals surface area contributed by atoms with Gasteiger partial charge in [-0.2, -0.15) is 12.6 Å². The van der Waals surface area contributed by atoms with Gasteiger partial charge in [-0.1, -0.05) is 34.6 Å². The fourth-order valence-electron chi connectivity index (χ4n) is 2.07. The Labute approximate surface area is 105 Å². The third-order valence-corrected chi connectivity index (χ3v) is 4.34. The van der Waals surface area contributed by atoms with Gasteiger partial charge in [0, 0.05) is 19.5 Å². The summed E-state index contributed by atoms with van der Waals surface area (Å²) in [4.78, 5) is 13.9. The number of hydrogen-bond acceptors (Lipinski definition) is 2. The third kappa shape index (κ3) is 3.41. The Kier molecular flexibility index (Phi) is 3.99. The zero-order valence-corrected chi connectivity index (χ0v) is 12.1. The van der Waals surface area contributed by atoms with Gasteiger partial charge < -0.3 is 4.90 Å². The quantitative estimate of drug-likeness (QED) is 0.756. The van der Waals surface area contributed by atoms with Gasteiger partial charge in [0.05, 0.1) is 0 Å². The highest BCUT2D eigenvalue weighted by Crippen LogP contribution is 2.35. The van der Waals surface area contributed by atoms with Crippen molar-refractivity contribution >= 4 is 18.5 Å². The van der Waals surface area contributed by atoms with Gasteiger partial charge >= 0.3 is 0 Å². The van der Waals surface area contributed by atoms with Crippen LogP contribution in [0.15, 0.2) is 0 Å². The zero-order valence-electron chi connectivity index (χ0n) is 11.2. The first-order valence-electron chi connectivity index (χ1n) is 6.04. The van der Waals surface area contributed by atoms with Crippen LogP contribution in [-0.4, -0.2) is 29.6 Å². The van der Waals surface area contributed by atoms with Crippen LogP contribution in [0.5, 0.6) is 0 Å². The van der Waals surface area contributed by atoms with Crippen molar-refractivity contribution in [2.24, 2.45) is 16.7 Å². The van der Waals surface area contributed by atoms with E-state index in [0.29, 0.717) is 18.2 Å². The van der Waals surface area contributed by atoms with E-state index in [0.717, 1.165) is 18.8 Å². The molecule has 0 aliphatic carbocycles. The van der Waals surface area contributed by atoms with Gasteiger partial charge in [0.2, 0.25) is 5.91 Å². The second-order valence-corrected chi connectivity index (χ2v) is 7.18. The van der Waals surface area contributed by atoms with Crippen molar-refractivity contribution in [1.29, 1.82) is 0 Å². The molecule has 1 aliphatic rings. The lowest BCUT2D eigenvalue weighted by atomic mass is 9.80. The molecule has 1 amide bonds. The predicted molar refractivity (Wildman–Crippen MR) is 71.8 cm³/mol. The van der Waals surface area contributed by atoms with Crippen LogP contribution in [0, 0.1) is 16.7 Å². The smallest absolute Gasteiger partial charge is 0.222 e. The van der Waals surface area contributed by atoms with E-state index in [-0.39, 0.29) is 10.8 Å². The van der Waals surface area contributed by atoms with Crippen molar-refractivity contribution in [3.05, 3.63) is 0 Å². The third-order valence-electron chi connectivity index (χ3n) is 3.49. The number of likely N-dealkylation sites (tertiary alicyclic amines) is 1. The van der Waals surface area contributed by atoms with E-state index >= 15 is 0 Å². The first-order chi connectivity index (χ1) is 7.15. The summed E-state index contributed by atoms with van der Waals surface area (Å²) in [6, 6.07) is 0. The minimum Gasteiger partial charge on any atom is -0.342 e.